The lowest BCUT2D eigenvalue weighted by molar-refractivity contribution is 0.0204. The summed E-state index contributed by atoms with van der Waals surface area (Å²) in [7, 11) is 0. The Morgan fingerprint density at radius 1 is 1.19 bits per heavy atom. The fraction of sp³-hybridized carbons (Fsp3) is 0.522. The van der Waals surface area contributed by atoms with Crippen molar-refractivity contribution in [3.8, 4) is 5.75 Å². The summed E-state index contributed by atoms with van der Waals surface area (Å²) in [5.41, 5.74) is 0.0405. The smallest absolute Gasteiger partial charge is 0.410 e. The average molecular weight is 467 g/mol. The summed E-state index contributed by atoms with van der Waals surface area (Å²) in [6.07, 6.45) is 1.39. The van der Waals surface area contributed by atoms with Crippen LogP contribution in [0.25, 0.3) is 0 Å². The van der Waals surface area contributed by atoms with Crippen LogP contribution < -0.4 is 4.74 Å². The number of nitrogens with zero attached hydrogens (tertiary/aromatic N) is 2. The number of carbonyl (C=O) groups is 2. The summed E-state index contributed by atoms with van der Waals surface area (Å²) in [6, 6.07) is 1.99. The molecule has 6 nitrogen and oxygen atoms in total. The molecule has 0 atom stereocenters. The molecule has 0 saturated carbocycles. The van der Waals surface area contributed by atoms with E-state index in [1.807, 2.05) is 20.8 Å². The lowest BCUT2D eigenvalue weighted by Gasteiger charge is -2.32. The number of ketones is 1. The molecule has 0 aliphatic carbocycles. The van der Waals surface area contributed by atoms with Gasteiger partial charge in [0.25, 0.3) is 0 Å². The molecule has 1 amide bonds. The minimum Gasteiger partial charge on any atom is -0.481 e. The van der Waals surface area contributed by atoms with E-state index >= 15 is 0 Å². The highest BCUT2D eigenvalue weighted by molar-refractivity contribution is 7.09. The van der Waals surface area contributed by atoms with Gasteiger partial charge in [-0.05, 0) is 45.7 Å². The van der Waals surface area contributed by atoms with Gasteiger partial charge in [0.1, 0.15) is 12.2 Å². The Morgan fingerprint density at radius 3 is 2.38 bits per heavy atom. The summed E-state index contributed by atoms with van der Waals surface area (Å²) >= 11 is 1.47. The van der Waals surface area contributed by atoms with Crippen LogP contribution >= 0.6 is 11.3 Å². The molecule has 3 rings (SSSR count). The summed E-state index contributed by atoms with van der Waals surface area (Å²) in [5.74, 6) is -2.46. The molecule has 0 N–H and O–H groups in total. The zero-order valence-corrected chi connectivity index (χ0v) is 19.6. The Morgan fingerprint density at radius 2 is 1.81 bits per heavy atom. The number of benzene rings is 1. The SMILES string of the molecule is CCC(=O)c1cc(F)c(OCc2csc(C3CCN(C(=O)OC(C)(C)C)CC3)n2)c(F)c1. The Hall–Kier alpha value is -2.55. The van der Waals surface area contributed by atoms with Crippen LogP contribution in [0.1, 0.15) is 73.9 Å². The van der Waals surface area contributed by atoms with Crippen molar-refractivity contribution in [2.75, 3.05) is 13.1 Å². The molecule has 174 valence electrons. The second-order valence-corrected chi connectivity index (χ2v) is 9.64. The second kappa shape index (κ2) is 9.94. The first kappa shape index (κ1) is 24.1. The number of ether oxygens (including phenoxy) is 2. The zero-order chi connectivity index (χ0) is 23.5. The molecule has 0 bridgehead atoms. The minimum absolute atomic E-state index is 0.0106. The van der Waals surface area contributed by atoms with E-state index in [4.69, 9.17) is 9.47 Å². The van der Waals surface area contributed by atoms with Crippen LogP contribution in [0.2, 0.25) is 0 Å². The van der Waals surface area contributed by atoms with E-state index in [9.17, 15) is 18.4 Å². The molecule has 1 aliphatic heterocycles. The van der Waals surface area contributed by atoms with Crippen LogP contribution in [-0.2, 0) is 11.3 Å². The van der Waals surface area contributed by atoms with Crippen molar-refractivity contribution in [3.63, 3.8) is 0 Å². The number of likely N-dealkylation sites (tertiary alicyclic amines) is 1. The highest BCUT2D eigenvalue weighted by Crippen LogP contribution is 2.31. The number of hydrogen-bond donors (Lipinski definition) is 0. The minimum atomic E-state index is -0.910. The van der Waals surface area contributed by atoms with Gasteiger partial charge < -0.3 is 14.4 Å². The van der Waals surface area contributed by atoms with E-state index in [0.717, 1.165) is 30.0 Å². The Balaban J connectivity index is 1.56. The van der Waals surface area contributed by atoms with Crippen LogP contribution in [-0.4, -0.2) is 40.5 Å². The van der Waals surface area contributed by atoms with Gasteiger partial charge in [-0.15, -0.1) is 11.3 Å². The van der Waals surface area contributed by atoms with Gasteiger partial charge in [-0.2, -0.15) is 0 Å². The Labute approximate surface area is 190 Å². The Kier molecular flexibility index (Phi) is 7.48. The van der Waals surface area contributed by atoms with E-state index in [0.29, 0.717) is 18.8 Å². The van der Waals surface area contributed by atoms with Crippen molar-refractivity contribution in [2.24, 2.45) is 0 Å². The molecule has 0 radical (unpaired) electrons. The molecule has 1 aromatic heterocycles. The molecule has 1 aromatic carbocycles. The molecule has 0 unspecified atom stereocenters. The number of Topliss-reactive ketones (excluding diaryl/α,β-unsaturated/α-hetero) is 1. The topological polar surface area (TPSA) is 68.7 Å². The van der Waals surface area contributed by atoms with Gasteiger partial charge in [0.05, 0.1) is 10.7 Å². The molecule has 0 spiro atoms. The van der Waals surface area contributed by atoms with Gasteiger partial charge in [-0.1, -0.05) is 6.92 Å². The first-order valence-electron chi connectivity index (χ1n) is 10.6. The van der Waals surface area contributed by atoms with Crippen molar-refractivity contribution in [2.45, 2.75) is 65.1 Å². The molecular formula is C23H28F2N2O4S. The molecule has 1 aliphatic rings. The fourth-order valence-corrected chi connectivity index (χ4v) is 4.40. The third-order valence-electron chi connectivity index (χ3n) is 5.07. The quantitative estimate of drug-likeness (QED) is 0.510. The standard InChI is InChI=1S/C23H28F2N2O4S/c1-5-19(28)15-10-17(24)20(18(25)11-15)30-12-16-13-32-21(26-16)14-6-8-27(9-7-14)22(29)31-23(2,3)4/h10-11,13-14H,5-9,12H2,1-4H3. The number of amides is 1. The second-order valence-electron chi connectivity index (χ2n) is 8.75. The predicted molar refractivity (Wildman–Crippen MR) is 117 cm³/mol. The number of piperidine rings is 1. The number of rotatable bonds is 6. The highest BCUT2D eigenvalue weighted by atomic mass is 32.1. The maximum Gasteiger partial charge on any atom is 0.410 e. The van der Waals surface area contributed by atoms with Gasteiger partial charge in [-0.25, -0.2) is 18.6 Å². The zero-order valence-electron chi connectivity index (χ0n) is 18.7. The first-order valence-corrected chi connectivity index (χ1v) is 11.5. The van der Waals surface area contributed by atoms with Crippen LogP contribution in [0.4, 0.5) is 13.6 Å². The van der Waals surface area contributed by atoms with Crippen LogP contribution in [0.3, 0.4) is 0 Å². The largest absolute Gasteiger partial charge is 0.481 e. The first-order chi connectivity index (χ1) is 15.1. The summed E-state index contributed by atoms with van der Waals surface area (Å²) in [6.45, 7) is 8.25. The molecular weight excluding hydrogens is 438 g/mol. The monoisotopic (exact) mass is 466 g/mol. The molecule has 32 heavy (non-hydrogen) atoms. The number of thiazole rings is 1. The normalized spacial score (nSPS) is 15.0. The predicted octanol–water partition coefficient (Wildman–Crippen LogP) is 5.71. The van der Waals surface area contributed by atoms with E-state index in [1.54, 1.807) is 17.2 Å². The van der Waals surface area contributed by atoms with Crippen molar-refractivity contribution < 1.29 is 27.8 Å². The molecule has 2 heterocycles. The molecule has 1 saturated heterocycles. The Bertz CT molecular complexity index is 956. The van der Waals surface area contributed by atoms with Crippen molar-refractivity contribution in [3.05, 3.63) is 45.4 Å². The van der Waals surface area contributed by atoms with Gasteiger partial charge in [0.15, 0.2) is 23.2 Å². The van der Waals surface area contributed by atoms with Crippen LogP contribution in [0, 0.1) is 11.6 Å². The van der Waals surface area contributed by atoms with Gasteiger partial charge in [0, 0.05) is 36.4 Å². The fourth-order valence-electron chi connectivity index (χ4n) is 3.42. The number of aromatic nitrogens is 1. The van der Waals surface area contributed by atoms with Crippen molar-refractivity contribution >= 4 is 23.2 Å². The molecule has 2 aromatic rings. The average Bonchev–Trinajstić information content (AvgIpc) is 3.20. The van der Waals surface area contributed by atoms with Crippen molar-refractivity contribution in [1.29, 1.82) is 0 Å². The summed E-state index contributed by atoms with van der Waals surface area (Å²) in [4.78, 5) is 30.1. The van der Waals surface area contributed by atoms with Crippen molar-refractivity contribution in [1.82, 2.24) is 9.88 Å². The number of hydrogen-bond acceptors (Lipinski definition) is 6. The van der Waals surface area contributed by atoms with Crippen LogP contribution in [0.15, 0.2) is 17.5 Å². The highest BCUT2D eigenvalue weighted by Gasteiger charge is 2.28. The lowest BCUT2D eigenvalue weighted by atomic mass is 9.98. The maximum atomic E-state index is 14.2. The van der Waals surface area contributed by atoms with Crippen LogP contribution in [0.5, 0.6) is 5.75 Å². The molecule has 9 heteroatoms. The van der Waals surface area contributed by atoms with E-state index in [1.165, 1.54) is 11.3 Å². The molecule has 1 fully saturated rings. The summed E-state index contributed by atoms with van der Waals surface area (Å²) < 4.78 is 39.2. The number of carbonyl (C=O) groups excluding carboxylic acids is 2. The van der Waals surface area contributed by atoms with Gasteiger partial charge >= 0.3 is 6.09 Å². The van der Waals surface area contributed by atoms with E-state index in [2.05, 4.69) is 4.98 Å². The van der Waals surface area contributed by atoms with Gasteiger partial charge in [0.2, 0.25) is 0 Å². The van der Waals surface area contributed by atoms with Gasteiger partial charge in [-0.3, -0.25) is 4.79 Å². The third-order valence-corrected chi connectivity index (χ3v) is 6.13. The van der Waals surface area contributed by atoms with E-state index in [-0.39, 0.29) is 36.4 Å². The maximum absolute atomic E-state index is 14.2. The third kappa shape index (κ3) is 6.03. The summed E-state index contributed by atoms with van der Waals surface area (Å²) in [5, 5.41) is 2.72. The number of halogens is 2. The lowest BCUT2D eigenvalue weighted by Crippen LogP contribution is -2.41. The van der Waals surface area contributed by atoms with E-state index < -0.39 is 23.0 Å².